The van der Waals surface area contributed by atoms with Crippen LogP contribution in [0.15, 0.2) is 42.7 Å². The maximum atomic E-state index is 11.8. The predicted octanol–water partition coefficient (Wildman–Crippen LogP) is 0.832. The second-order valence-electron chi connectivity index (χ2n) is 3.69. The number of nitrogens with one attached hydrogen (secondary N) is 1. The molecule has 5 nitrogen and oxygen atoms in total. The molecular formula is C13H14N4O. The second-order valence-corrected chi connectivity index (χ2v) is 3.69. The third-order valence-corrected chi connectivity index (χ3v) is 2.38. The molecule has 18 heavy (non-hydrogen) atoms. The van der Waals surface area contributed by atoms with Crippen LogP contribution in [-0.4, -0.2) is 29.0 Å². The zero-order valence-electron chi connectivity index (χ0n) is 9.84. The number of nitrogens with two attached hydrogens (primary N) is 1. The quantitative estimate of drug-likeness (QED) is 0.832. The van der Waals surface area contributed by atoms with Gasteiger partial charge in [0, 0.05) is 31.0 Å². The first-order valence-corrected chi connectivity index (χ1v) is 5.67. The number of rotatable bonds is 4. The van der Waals surface area contributed by atoms with Crippen molar-refractivity contribution in [2.75, 3.05) is 13.1 Å². The normalized spacial score (nSPS) is 10.1. The molecular weight excluding hydrogens is 228 g/mol. The van der Waals surface area contributed by atoms with Crippen molar-refractivity contribution in [2.24, 2.45) is 5.73 Å². The van der Waals surface area contributed by atoms with Crippen LogP contribution in [0.5, 0.6) is 0 Å². The van der Waals surface area contributed by atoms with Gasteiger partial charge in [-0.05, 0) is 24.3 Å². The van der Waals surface area contributed by atoms with E-state index in [1.54, 1.807) is 24.5 Å². The van der Waals surface area contributed by atoms with E-state index >= 15 is 0 Å². The summed E-state index contributed by atoms with van der Waals surface area (Å²) >= 11 is 0. The Hall–Kier alpha value is -2.27. The molecule has 0 aliphatic rings. The standard InChI is InChI=1S/C13H14N4O/c14-5-8-17-13(18)10-4-7-16-12(9-10)11-3-1-2-6-15-11/h1-4,6-7,9H,5,8,14H2,(H,17,18). The first kappa shape index (κ1) is 12.2. The molecule has 3 N–H and O–H groups in total. The molecule has 2 rings (SSSR count). The van der Waals surface area contributed by atoms with Crippen molar-refractivity contribution in [1.82, 2.24) is 15.3 Å². The van der Waals surface area contributed by atoms with Crippen LogP contribution in [0.2, 0.25) is 0 Å². The maximum Gasteiger partial charge on any atom is 0.251 e. The average molecular weight is 242 g/mol. The minimum atomic E-state index is -0.153. The fraction of sp³-hybridized carbons (Fsp3) is 0.154. The SMILES string of the molecule is NCCNC(=O)c1ccnc(-c2ccccn2)c1. The minimum absolute atomic E-state index is 0.153. The number of carbonyl (C=O) groups excluding carboxylic acids is 1. The summed E-state index contributed by atoms with van der Waals surface area (Å²) in [5, 5.41) is 2.72. The van der Waals surface area contributed by atoms with Crippen molar-refractivity contribution in [3.8, 4) is 11.4 Å². The lowest BCUT2D eigenvalue weighted by Gasteiger charge is -2.05. The molecule has 0 saturated carbocycles. The Balaban J connectivity index is 2.23. The fourth-order valence-electron chi connectivity index (χ4n) is 1.51. The van der Waals surface area contributed by atoms with Crippen LogP contribution >= 0.6 is 0 Å². The molecule has 92 valence electrons. The summed E-state index contributed by atoms with van der Waals surface area (Å²) < 4.78 is 0. The number of amides is 1. The van der Waals surface area contributed by atoms with Crippen molar-refractivity contribution in [2.45, 2.75) is 0 Å². The first-order chi connectivity index (χ1) is 8.81. The highest BCUT2D eigenvalue weighted by Gasteiger charge is 2.07. The van der Waals surface area contributed by atoms with E-state index in [4.69, 9.17) is 5.73 Å². The summed E-state index contributed by atoms with van der Waals surface area (Å²) in [6, 6.07) is 8.95. The van der Waals surface area contributed by atoms with E-state index in [9.17, 15) is 4.79 Å². The van der Waals surface area contributed by atoms with Crippen molar-refractivity contribution >= 4 is 5.91 Å². The van der Waals surface area contributed by atoms with Gasteiger partial charge in [0.2, 0.25) is 0 Å². The van der Waals surface area contributed by atoms with E-state index in [1.807, 2.05) is 18.2 Å². The van der Waals surface area contributed by atoms with Gasteiger partial charge in [0.15, 0.2) is 0 Å². The molecule has 0 bridgehead atoms. The van der Waals surface area contributed by atoms with E-state index in [-0.39, 0.29) is 5.91 Å². The first-order valence-electron chi connectivity index (χ1n) is 5.67. The number of carbonyl (C=O) groups is 1. The number of pyridine rings is 2. The monoisotopic (exact) mass is 242 g/mol. The lowest BCUT2D eigenvalue weighted by atomic mass is 10.1. The zero-order valence-corrected chi connectivity index (χ0v) is 9.84. The molecule has 0 fully saturated rings. The van der Waals surface area contributed by atoms with Gasteiger partial charge in [-0.25, -0.2) is 0 Å². The van der Waals surface area contributed by atoms with E-state index in [0.29, 0.717) is 24.3 Å². The largest absolute Gasteiger partial charge is 0.351 e. The summed E-state index contributed by atoms with van der Waals surface area (Å²) in [7, 11) is 0. The summed E-state index contributed by atoms with van der Waals surface area (Å²) in [6.07, 6.45) is 3.29. The number of hydrogen-bond acceptors (Lipinski definition) is 4. The van der Waals surface area contributed by atoms with Gasteiger partial charge in [-0.3, -0.25) is 14.8 Å². The molecule has 0 spiro atoms. The Morgan fingerprint density at radius 1 is 1.17 bits per heavy atom. The Morgan fingerprint density at radius 3 is 2.72 bits per heavy atom. The fourth-order valence-corrected chi connectivity index (χ4v) is 1.51. The lowest BCUT2D eigenvalue weighted by molar-refractivity contribution is 0.0954. The van der Waals surface area contributed by atoms with Gasteiger partial charge in [0.1, 0.15) is 0 Å². The number of nitrogens with zero attached hydrogens (tertiary/aromatic N) is 2. The van der Waals surface area contributed by atoms with Gasteiger partial charge in [0.05, 0.1) is 11.4 Å². The topological polar surface area (TPSA) is 80.9 Å². The molecule has 0 saturated heterocycles. The molecule has 0 aromatic carbocycles. The van der Waals surface area contributed by atoms with Crippen molar-refractivity contribution in [3.05, 3.63) is 48.3 Å². The van der Waals surface area contributed by atoms with Gasteiger partial charge in [-0.2, -0.15) is 0 Å². The molecule has 2 aromatic heterocycles. The van der Waals surface area contributed by atoms with Crippen molar-refractivity contribution in [3.63, 3.8) is 0 Å². The Morgan fingerprint density at radius 2 is 2.00 bits per heavy atom. The van der Waals surface area contributed by atoms with Crippen LogP contribution in [0.3, 0.4) is 0 Å². The van der Waals surface area contributed by atoms with Crippen LogP contribution in [-0.2, 0) is 0 Å². The van der Waals surface area contributed by atoms with Crippen LogP contribution in [0, 0.1) is 0 Å². The lowest BCUT2D eigenvalue weighted by Crippen LogP contribution is -2.29. The van der Waals surface area contributed by atoms with E-state index < -0.39 is 0 Å². The highest BCUT2D eigenvalue weighted by Crippen LogP contribution is 2.14. The van der Waals surface area contributed by atoms with Gasteiger partial charge in [-0.1, -0.05) is 6.07 Å². The smallest absolute Gasteiger partial charge is 0.251 e. The summed E-state index contributed by atoms with van der Waals surface area (Å²) in [6.45, 7) is 0.879. The molecule has 1 amide bonds. The van der Waals surface area contributed by atoms with Gasteiger partial charge < -0.3 is 11.1 Å². The van der Waals surface area contributed by atoms with Crippen molar-refractivity contribution < 1.29 is 4.79 Å². The van der Waals surface area contributed by atoms with Gasteiger partial charge in [-0.15, -0.1) is 0 Å². The third kappa shape index (κ3) is 2.89. The summed E-state index contributed by atoms with van der Waals surface area (Å²) in [5.74, 6) is -0.153. The van der Waals surface area contributed by atoms with Crippen LogP contribution < -0.4 is 11.1 Å². The Kier molecular flexibility index (Phi) is 3.98. The average Bonchev–Trinajstić information content (AvgIpc) is 2.46. The van der Waals surface area contributed by atoms with Crippen LogP contribution in [0.4, 0.5) is 0 Å². The molecule has 2 heterocycles. The highest BCUT2D eigenvalue weighted by molar-refractivity contribution is 5.94. The Labute approximate surface area is 105 Å². The molecule has 5 heteroatoms. The molecule has 0 aliphatic heterocycles. The zero-order chi connectivity index (χ0) is 12.8. The maximum absolute atomic E-state index is 11.8. The van der Waals surface area contributed by atoms with Gasteiger partial charge in [0.25, 0.3) is 5.91 Å². The van der Waals surface area contributed by atoms with E-state index in [0.717, 1.165) is 5.69 Å². The minimum Gasteiger partial charge on any atom is -0.351 e. The van der Waals surface area contributed by atoms with Crippen LogP contribution in [0.1, 0.15) is 10.4 Å². The van der Waals surface area contributed by atoms with Gasteiger partial charge >= 0.3 is 0 Å². The Bertz CT molecular complexity index is 528. The van der Waals surface area contributed by atoms with E-state index in [2.05, 4.69) is 15.3 Å². The van der Waals surface area contributed by atoms with E-state index in [1.165, 1.54) is 0 Å². The third-order valence-electron chi connectivity index (χ3n) is 2.38. The van der Waals surface area contributed by atoms with Crippen LogP contribution in [0.25, 0.3) is 11.4 Å². The molecule has 0 atom stereocenters. The second kappa shape index (κ2) is 5.88. The number of aromatic nitrogens is 2. The summed E-state index contributed by atoms with van der Waals surface area (Å²) in [5.41, 5.74) is 7.31. The molecule has 0 aliphatic carbocycles. The number of hydrogen-bond donors (Lipinski definition) is 2. The molecule has 0 radical (unpaired) electrons. The molecule has 2 aromatic rings. The predicted molar refractivity (Wildman–Crippen MR) is 68.9 cm³/mol. The molecule has 0 unspecified atom stereocenters. The summed E-state index contributed by atoms with van der Waals surface area (Å²) in [4.78, 5) is 20.2. The highest BCUT2D eigenvalue weighted by atomic mass is 16.1. The van der Waals surface area contributed by atoms with Crippen molar-refractivity contribution in [1.29, 1.82) is 0 Å².